The number of methoxy groups -OCH3 is 1. The molecule has 2 N–H and O–H groups in total. The van der Waals surface area contributed by atoms with Crippen molar-refractivity contribution in [2.75, 3.05) is 23.9 Å². The normalized spacial score (nSPS) is 14.4. The lowest BCUT2D eigenvalue weighted by Gasteiger charge is -2.26. The zero-order chi connectivity index (χ0) is 27.4. The number of benzene rings is 3. The van der Waals surface area contributed by atoms with E-state index in [4.69, 9.17) is 44.3 Å². The number of barbiturate groups is 1. The summed E-state index contributed by atoms with van der Waals surface area (Å²) in [4.78, 5) is 51.1. The number of nitrogens with zero attached hydrogens (tertiary/aromatic N) is 1. The van der Waals surface area contributed by atoms with Crippen molar-refractivity contribution >= 4 is 76.0 Å². The molecule has 0 atom stereocenters. The number of anilines is 2. The van der Waals surface area contributed by atoms with E-state index in [9.17, 15) is 19.2 Å². The van der Waals surface area contributed by atoms with Crippen molar-refractivity contribution in [1.29, 1.82) is 0 Å². The van der Waals surface area contributed by atoms with Crippen LogP contribution < -0.4 is 25.0 Å². The Morgan fingerprint density at radius 3 is 2.47 bits per heavy atom. The van der Waals surface area contributed by atoms with Gasteiger partial charge in [0.15, 0.2) is 18.1 Å². The molecule has 3 aromatic carbocycles. The van der Waals surface area contributed by atoms with Gasteiger partial charge in [-0.2, -0.15) is 0 Å². The largest absolute Gasteiger partial charge is 0.493 e. The molecule has 1 aliphatic rings. The summed E-state index contributed by atoms with van der Waals surface area (Å²) in [6.45, 7) is -0.403. The number of hydrogen-bond acceptors (Lipinski definition) is 6. The van der Waals surface area contributed by atoms with Crippen molar-refractivity contribution < 1.29 is 28.7 Å². The molecule has 4 rings (SSSR count). The first-order valence-electron chi connectivity index (χ1n) is 10.9. The lowest BCUT2D eigenvalue weighted by molar-refractivity contribution is -0.122. The van der Waals surface area contributed by atoms with Gasteiger partial charge in [-0.15, -0.1) is 0 Å². The van der Waals surface area contributed by atoms with E-state index in [1.165, 1.54) is 37.5 Å². The second-order valence-electron chi connectivity index (χ2n) is 7.79. The van der Waals surface area contributed by atoms with E-state index in [1.807, 2.05) is 0 Å². The van der Waals surface area contributed by atoms with Crippen LogP contribution >= 0.6 is 34.8 Å². The van der Waals surface area contributed by atoms with Gasteiger partial charge in [-0.1, -0.05) is 53.0 Å². The van der Waals surface area contributed by atoms with Gasteiger partial charge >= 0.3 is 6.03 Å². The Labute approximate surface area is 231 Å². The number of imide groups is 2. The standard InChI is InChI=1S/C26H18Cl3N3O6/c1-37-21-11-14(10-19(29)23(21)38-13-22(33)30-20-8-3-2-7-18(20)28)9-17-24(34)31-26(36)32(25(17)35)16-6-4-5-15(27)12-16/h2-12H,13H2,1H3,(H,30,33)(H,31,34,36)/b17-9+. The minimum Gasteiger partial charge on any atom is -0.493 e. The molecule has 1 fully saturated rings. The Morgan fingerprint density at radius 2 is 1.76 bits per heavy atom. The Kier molecular flexibility index (Phi) is 8.21. The summed E-state index contributed by atoms with van der Waals surface area (Å²) in [5.41, 5.74) is 0.588. The lowest BCUT2D eigenvalue weighted by Crippen LogP contribution is -2.54. The molecule has 0 radical (unpaired) electrons. The van der Waals surface area contributed by atoms with Crippen LogP contribution in [0.3, 0.4) is 0 Å². The number of para-hydroxylation sites is 1. The molecule has 1 heterocycles. The highest BCUT2D eigenvalue weighted by atomic mass is 35.5. The van der Waals surface area contributed by atoms with Crippen molar-refractivity contribution in [3.05, 3.63) is 86.9 Å². The highest BCUT2D eigenvalue weighted by Gasteiger charge is 2.37. The first-order chi connectivity index (χ1) is 18.2. The second-order valence-corrected chi connectivity index (χ2v) is 9.04. The van der Waals surface area contributed by atoms with Crippen molar-refractivity contribution in [3.8, 4) is 11.5 Å². The molecule has 5 amide bonds. The Balaban J connectivity index is 1.57. The minimum atomic E-state index is -0.908. The maximum absolute atomic E-state index is 13.1. The second kappa shape index (κ2) is 11.6. The molecule has 9 nitrogen and oxygen atoms in total. The van der Waals surface area contributed by atoms with E-state index in [0.717, 1.165) is 4.90 Å². The summed E-state index contributed by atoms with van der Waals surface area (Å²) < 4.78 is 10.9. The average molecular weight is 575 g/mol. The highest BCUT2D eigenvalue weighted by molar-refractivity contribution is 6.39. The molecule has 0 aromatic heterocycles. The molecule has 194 valence electrons. The minimum absolute atomic E-state index is 0.0492. The molecule has 0 aliphatic carbocycles. The smallest absolute Gasteiger partial charge is 0.335 e. The van der Waals surface area contributed by atoms with Gasteiger partial charge in [0.05, 0.1) is 28.5 Å². The van der Waals surface area contributed by atoms with Crippen molar-refractivity contribution in [2.24, 2.45) is 0 Å². The van der Waals surface area contributed by atoms with Crippen LogP contribution in [0.25, 0.3) is 6.08 Å². The van der Waals surface area contributed by atoms with Crippen LogP contribution in [-0.4, -0.2) is 37.5 Å². The van der Waals surface area contributed by atoms with Crippen molar-refractivity contribution in [3.63, 3.8) is 0 Å². The molecule has 0 unspecified atom stereocenters. The summed E-state index contributed by atoms with van der Waals surface area (Å²) in [6, 6.07) is 14.8. The molecule has 0 saturated carbocycles. The third kappa shape index (κ3) is 5.91. The molecule has 12 heteroatoms. The number of urea groups is 1. The number of amides is 5. The monoisotopic (exact) mass is 573 g/mol. The average Bonchev–Trinajstić information content (AvgIpc) is 2.87. The van der Waals surface area contributed by atoms with Crippen LogP contribution in [-0.2, 0) is 14.4 Å². The number of carbonyl (C=O) groups excluding carboxylic acids is 4. The Morgan fingerprint density at radius 1 is 1.00 bits per heavy atom. The maximum Gasteiger partial charge on any atom is 0.335 e. The van der Waals surface area contributed by atoms with Gasteiger partial charge in [0.2, 0.25) is 0 Å². The number of nitrogens with one attached hydrogen (secondary N) is 2. The summed E-state index contributed by atoms with van der Waals surface area (Å²) in [5.74, 6) is -2.02. The van der Waals surface area contributed by atoms with Crippen LogP contribution in [0.5, 0.6) is 11.5 Å². The van der Waals surface area contributed by atoms with Gasteiger partial charge in [0.1, 0.15) is 5.57 Å². The van der Waals surface area contributed by atoms with Gasteiger partial charge in [-0.3, -0.25) is 19.7 Å². The quantitative estimate of drug-likeness (QED) is 0.291. The lowest BCUT2D eigenvalue weighted by atomic mass is 10.1. The summed E-state index contributed by atoms with van der Waals surface area (Å²) >= 11 is 18.4. The van der Waals surface area contributed by atoms with Crippen LogP contribution in [0.4, 0.5) is 16.2 Å². The van der Waals surface area contributed by atoms with Gasteiger partial charge in [0, 0.05) is 5.02 Å². The van der Waals surface area contributed by atoms with Crippen LogP contribution in [0.2, 0.25) is 15.1 Å². The molecular formula is C26H18Cl3N3O6. The fraction of sp³-hybridized carbons (Fsp3) is 0.0769. The predicted octanol–water partition coefficient (Wildman–Crippen LogP) is 5.34. The molecule has 0 spiro atoms. The summed E-state index contributed by atoms with van der Waals surface area (Å²) in [6.07, 6.45) is 1.25. The number of halogens is 3. The van der Waals surface area contributed by atoms with Gasteiger partial charge < -0.3 is 14.8 Å². The maximum atomic E-state index is 13.1. The van der Waals surface area contributed by atoms with Gasteiger partial charge in [-0.05, 0) is 54.1 Å². The number of carbonyl (C=O) groups is 4. The van der Waals surface area contributed by atoms with E-state index >= 15 is 0 Å². The molecule has 1 saturated heterocycles. The third-order valence-corrected chi connectivity index (χ3v) is 6.07. The van der Waals surface area contributed by atoms with E-state index in [-0.39, 0.29) is 27.8 Å². The summed E-state index contributed by atoms with van der Waals surface area (Å²) in [7, 11) is 1.36. The van der Waals surface area contributed by atoms with E-state index in [2.05, 4.69) is 10.6 Å². The third-order valence-electron chi connectivity index (χ3n) is 5.23. The number of ether oxygens (including phenoxy) is 2. The first kappa shape index (κ1) is 27.0. The van der Waals surface area contributed by atoms with Gasteiger partial charge in [-0.25, -0.2) is 9.69 Å². The molecule has 1 aliphatic heterocycles. The molecule has 3 aromatic rings. The zero-order valence-electron chi connectivity index (χ0n) is 19.6. The van der Waals surface area contributed by atoms with Gasteiger partial charge in [0.25, 0.3) is 17.7 Å². The number of hydrogen-bond donors (Lipinski definition) is 2. The summed E-state index contributed by atoms with van der Waals surface area (Å²) in [5, 5.41) is 5.48. The molecule has 38 heavy (non-hydrogen) atoms. The Hall–Kier alpha value is -4.05. The highest BCUT2D eigenvalue weighted by Crippen LogP contribution is 2.37. The van der Waals surface area contributed by atoms with Crippen LogP contribution in [0.15, 0.2) is 66.2 Å². The zero-order valence-corrected chi connectivity index (χ0v) is 21.9. The van der Waals surface area contributed by atoms with Crippen molar-refractivity contribution in [2.45, 2.75) is 0 Å². The fourth-order valence-corrected chi connectivity index (χ4v) is 4.16. The van der Waals surface area contributed by atoms with Crippen LogP contribution in [0.1, 0.15) is 5.56 Å². The number of rotatable bonds is 7. The topological polar surface area (TPSA) is 114 Å². The van der Waals surface area contributed by atoms with Crippen LogP contribution in [0, 0.1) is 0 Å². The van der Waals surface area contributed by atoms with E-state index in [0.29, 0.717) is 21.3 Å². The molecular weight excluding hydrogens is 557 g/mol. The van der Waals surface area contributed by atoms with E-state index < -0.39 is 30.4 Å². The SMILES string of the molecule is COc1cc(/C=C2\C(=O)NC(=O)N(c3cccc(Cl)c3)C2=O)cc(Cl)c1OCC(=O)Nc1ccccc1Cl. The van der Waals surface area contributed by atoms with E-state index in [1.54, 1.807) is 36.4 Å². The van der Waals surface area contributed by atoms with Crippen molar-refractivity contribution in [1.82, 2.24) is 5.32 Å². The first-order valence-corrected chi connectivity index (χ1v) is 12.0. The Bertz CT molecular complexity index is 1490. The molecule has 0 bridgehead atoms. The fourth-order valence-electron chi connectivity index (χ4n) is 3.52. The predicted molar refractivity (Wildman–Crippen MR) is 144 cm³/mol.